The number of amides is 5. The standard InChI is InChI=1S/C60H111N5O19/c1-40-45(35-43(37-66)56(77)53(40)74)81-32-14-8-5-11-27-61-49(70)21-24-60(65-52(73)20-17-19-48(69)64-30-18-31-80-4,25-22-50(71)62-28-12-6-9-15-33-82-46-36-44(38-67)57(78)54(75)41(46)2)26-23-51(72)63-29-13-7-10-16-34-83-59-42(3)55(76)58(79)47(39-68)84-59/h40-47,53-59,66-68,74-79H,5-39H2,1-4H3,(H,61,70)(H,62,71)(H,63,72)(H,64,69)(H,65,73). The van der Waals surface area contributed by atoms with Gasteiger partial charge in [-0.2, -0.15) is 0 Å². The predicted octanol–water partition coefficient (Wildman–Crippen LogP) is 1.14. The van der Waals surface area contributed by atoms with Crippen molar-refractivity contribution in [3.63, 3.8) is 0 Å². The average molecular weight is 1210 g/mol. The van der Waals surface area contributed by atoms with E-state index in [2.05, 4.69) is 26.6 Å². The van der Waals surface area contributed by atoms with E-state index in [0.29, 0.717) is 97.6 Å². The third-order valence-electron chi connectivity index (χ3n) is 17.3. The topological polar surface area (TPSA) is 374 Å². The summed E-state index contributed by atoms with van der Waals surface area (Å²) in [7, 11) is 1.58. The van der Waals surface area contributed by atoms with Crippen LogP contribution in [-0.2, 0) is 47.7 Å². The first kappa shape index (κ1) is 75.0. The summed E-state index contributed by atoms with van der Waals surface area (Å²) in [6.07, 6.45) is 3.01. The molecule has 0 radical (unpaired) electrons. The minimum absolute atomic E-state index is 0.00178. The molecule has 3 aliphatic rings. The van der Waals surface area contributed by atoms with Crippen molar-refractivity contribution in [2.45, 2.75) is 242 Å². The minimum Gasteiger partial charge on any atom is -0.396 e. The van der Waals surface area contributed by atoms with Gasteiger partial charge in [-0.3, -0.25) is 24.0 Å². The van der Waals surface area contributed by atoms with E-state index in [9.17, 15) is 69.9 Å². The summed E-state index contributed by atoms with van der Waals surface area (Å²) in [6, 6.07) is 0. The molecule has 1 aliphatic heterocycles. The highest BCUT2D eigenvalue weighted by Crippen LogP contribution is 2.34. The molecule has 24 nitrogen and oxygen atoms in total. The molecule has 490 valence electrons. The molecule has 15 unspecified atom stereocenters. The number of nitrogens with one attached hydrogen (secondary N) is 5. The quantitative estimate of drug-likeness (QED) is 0.0380. The zero-order valence-corrected chi connectivity index (χ0v) is 51.0. The van der Waals surface area contributed by atoms with E-state index >= 15 is 0 Å². The van der Waals surface area contributed by atoms with Crippen molar-refractivity contribution in [1.29, 1.82) is 0 Å². The van der Waals surface area contributed by atoms with Crippen LogP contribution in [0.2, 0.25) is 0 Å². The van der Waals surface area contributed by atoms with Crippen LogP contribution in [0.5, 0.6) is 0 Å². The largest absolute Gasteiger partial charge is 0.396 e. The van der Waals surface area contributed by atoms with E-state index in [1.54, 1.807) is 14.0 Å². The van der Waals surface area contributed by atoms with Crippen molar-refractivity contribution in [3.05, 3.63) is 0 Å². The number of hydrogen-bond acceptors (Lipinski definition) is 19. The van der Waals surface area contributed by atoms with E-state index in [-0.39, 0.29) is 125 Å². The number of carbonyl (C=O) groups excluding carboxylic acids is 5. The molecule has 3 fully saturated rings. The van der Waals surface area contributed by atoms with Crippen LogP contribution < -0.4 is 26.6 Å². The molecule has 84 heavy (non-hydrogen) atoms. The second-order valence-corrected chi connectivity index (χ2v) is 24.0. The van der Waals surface area contributed by atoms with Crippen molar-refractivity contribution < 1.29 is 93.6 Å². The van der Waals surface area contributed by atoms with E-state index in [1.165, 1.54) is 0 Å². The molecule has 5 amide bonds. The third-order valence-corrected chi connectivity index (χ3v) is 17.3. The number of methoxy groups -OCH3 is 1. The molecule has 3 rings (SSSR count). The highest BCUT2D eigenvalue weighted by Gasteiger charge is 2.44. The van der Waals surface area contributed by atoms with Gasteiger partial charge in [0.1, 0.15) is 12.2 Å². The van der Waals surface area contributed by atoms with Gasteiger partial charge in [-0.05, 0) is 83.5 Å². The van der Waals surface area contributed by atoms with Gasteiger partial charge in [0.05, 0.1) is 49.3 Å². The highest BCUT2D eigenvalue weighted by molar-refractivity contribution is 5.81. The van der Waals surface area contributed by atoms with E-state index in [4.69, 9.17) is 23.7 Å². The number of aliphatic hydroxyl groups excluding tert-OH is 9. The SMILES string of the molecule is COCCCNC(=O)CCCC(=O)NC(CCC(=O)NCCCCCCOC1CC(CO)C(O)C(O)C1C)(CCC(=O)NCCCCCCOC1CC(CO)C(O)C(O)C1C)CCC(=O)NCCCCCCOC1OC(CO)C(O)C(O)C1C. The summed E-state index contributed by atoms with van der Waals surface area (Å²) in [4.78, 5) is 66.9. The second kappa shape index (κ2) is 42.6. The number of carbonyl (C=O) groups is 5. The summed E-state index contributed by atoms with van der Waals surface area (Å²) < 4.78 is 28.6. The van der Waals surface area contributed by atoms with Crippen LogP contribution in [0, 0.1) is 29.6 Å². The molecule has 0 aromatic rings. The summed E-state index contributed by atoms with van der Waals surface area (Å²) in [5, 5.41) is 105. The van der Waals surface area contributed by atoms with Crippen LogP contribution in [0.15, 0.2) is 0 Å². The van der Waals surface area contributed by atoms with Crippen molar-refractivity contribution >= 4 is 29.5 Å². The lowest BCUT2D eigenvalue weighted by atomic mass is 9.77. The summed E-state index contributed by atoms with van der Waals surface area (Å²) in [6.45, 7) is 7.86. The van der Waals surface area contributed by atoms with Crippen LogP contribution in [0.3, 0.4) is 0 Å². The van der Waals surface area contributed by atoms with Gasteiger partial charge in [0.15, 0.2) is 6.29 Å². The smallest absolute Gasteiger partial charge is 0.220 e. The van der Waals surface area contributed by atoms with E-state index in [0.717, 1.165) is 51.4 Å². The molecule has 0 spiro atoms. The highest BCUT2D eigenvalue weighted by atomic mass is 16.7. The lowest BCUT2D eigenvalue weighted by molar-refractivity contribution is -0.282. The molecule has 15 atom stereocenters. The fourth-order valence-electron chi connectivity index (χ4n) is 11.4. The molecule has 2 saturated carbocycles. The Hall–Kier alpha value is -3.21. The maximum Gasteiger partial charge on any atom is 0.220 e. The van der Waals surface area contributed by atoms with Gasteiger partial charge in [-0.25, -0.2) is 0 Å². The Morgan fingerprint density at radius 3 is 1.23 bits per heavy atom. The fourth-order valence-corrected chi connectivity index (χ4v) is 11.4. The Balaban J connectivity index is 1.58. The number of unbranched alkanes of at least 4 members (excludes halogenated alkanes) is 9. The lowest BCUT2D eigenvalue weighted by Crippen LogP contribution is -2.55. The molecule has 0 aromatic heterocycles. The monoisotopic (exact) mass is 1210 g/mol. The van der Waals surface area contributed by atoms with Crippen LogP contribution in [0.1, 0.15) is 175 Å². The Labute approximate surface area is 499 Å². The zero-order chi connectivity index (χ0) is 61.9. The van der Waals surface area contributed by atoms with Gasteiger partial charge in [-0.1, -0.05) is 59.3 Å². The fraction of sp³-hybridized carbons (Fsp3) is 0.917. The van der Waals surface area contributed by atoms with Crippen molar-refractivity contribution in [3.8, 4) is 0 Å². The molecule has 24 heteroatoms. The Morgan fingerprint density at radius 1 is 0.429 bits per heavy atom. The van der Waals surface area contributed by atoms with Gasteiger partial charge in [0, 0.05) is 140 Å². The summed E-state index contributed by atoms with van der Waals surface area (Å²) in [5.74, 6) is -3.23. The Kier molecular flexibility index (Phi) is 38.1. The van der Waals surface area contributed by atoms with E-state index < -0.39 is 78.9 Å². The van der Waals surface area contributed by atoms with Crippen molar-refractivity contribution in [2.75, 3.05) is 79.5 Å². The van der Waals surface area contributed by atoms with Gasteiger partial charge in [0.2, 0.25) is 29.5 Å². The van der Waals surface area contributed by atoms with Crippen LogP contribution in [0.4, 0.5) is 0 Å². The molecule has 0 aromatic carbocycles. The Bertz CT molecular complexity index is 1660. The molecule has 2 aliphatic carbocycles. The number of hydrogen-bond donors (Lipinski definition) is 14. The van der Waals surface area contributed by atoms with Crippen molar-refractivity contribution in [1.82, 2.24) is 26.6 Å². The second-order valence-electron chi connectivity index (χ2n) is 24.0. The predicted molar refractivity (Wildman–Crippen MR) is 311 cm³/mol. The van der Waals surface area contributed by atoms with Crippen molar-refractivity contribution in [2.24, 2.45) is 29.6 Å². The summed E-state index contributed by atoms with van der Waals surface area (Å²) in [5.41, 5.74) is -1.14. The van der Waals surface area contributed by atoms with Gasteiger partial charge >= 0.3 is 0 Å². The van der Waals surface area contributed by atoms with Gasteiger partial charge in [-0.15, -0.1) is 0 Å². The minimum atomic E-state index is -1.21. The first-order chi connectivity index (χ1) is 40.3. The van der Waals surface area contributed by atoms with Gasteiger partial charge in [0.25, 0.3) is 0 Å². The molecule has 1 heterocycles. The van der Waals surface area contributed by atoms with Crippen LogP contribution >= 0.6 is 0 Å². The first-order valence-electron chi connectivity index (χ1n) is 31.6. The normalized spacial score (nSPS) is 28.7. The lowest BCUT2D eigenvalue weighted by Gasteiger charge is -2.40. The van der Waals surface area contributed by atoms with E-state index in [1.807, 2.05) is 13.8 Å². The number of ether oxygens (including phenoxy) is 5. The molecule has 0 bridgehead atoms. The summed E-state index contributed by atoms with van der Waals surface area (Å²) >= 11 is 0. The molecule has 14 N–H and O–H groups in total. The number of rotatable bonds is 45. The molecule has 1 saturated heterocycles. The maximum absolute atomic E-state index is 13.8. The third kappa shape index (κ3) is 27.9. The first-order valence-corrected chi connectivity index (χ1v) is 31.6. The molecular formula is C60H111N5O19. The van der Waals surface area contributed by atoms with Crippen LogP contribution in [0.25, 0.3) is 0 Å². The zero-order valence-electron chi connectivity index (χ0n) is 51.0. The molecular weight excluding hydrogens is 1090 g/mol. The van der Waals surface area contributed by atoms with Crippen LogP contribution in [-0.4, -0.2) is 222 Å². The maximum atomic E-state index is 13.8. The van der Waals surface area contributed by atoms with Gasteiger partial charge < -0.3 is 96.2 Å². The average Bonchev–Trinajstić information content (AvgIpc) is 3.58. The Morgan fingerprint density at radius 2 is 0.810 bits per heavy atom. The number of aliphatic hydroxyl groups is 9.